The van der Waals surface area contributed by atoms with Crippen LogP contribution in [0.2, 0.25) is 0 Å². The van der Waals surface area contributed by atoms with E-state index < -0.39 is 0 Å². The van der Waals surface area contributed by atoms with Crippen molar-refractivity contribution in [1.29, 1.82) is 0 Å². The van der Waals surface area contributed by atoms with E-state index in [1.807, 2.05) is 6.92 Å². The molecule has 1 atom stereocenters. The van der Waals surface area contributed by atoms with Gasteiger partial charge in [0.1, 0.15) is 0 Å². The summed E-state index contributed by atoms with van der Waals surface area (Å²) in [6, 6.07) is 0. The Kier molecular flexibility index (Phi) is 2.61. The van der Waals surface area contributed by atoms with Crippen LogP contribution in [-0.2, 0) is 0 Å². The normalized spacial score (nSPS) is 15.0. The van der Waals surface area contributed by atoms with Crippen LogP contribution >= 0.6 is 11.6 Å². The summed E-state index contributed by atoms with van der Waals surface area (Å²) in [5.41, 5.74) is -0.00463. The highest BCUT2D eigenvalue weighted by Crippen LogP contribution is 1.81. The Bertz CT molecular complexity index is 20.9. The molecule has 0 aliphatic rings. The summed E-state index contributed by atoms with van der Waals surface area (Å²) < 4.78 is 0. The lowest BCUT2D eigenvalue weighted by Crippen LogP contribution is -2.09. The maximum atomic E-state index is 5.29. The van der Waals surface area contributed by atoms with Crippen molar-refractivity contribution in [2.45, 2.75) is 12.4 Å². The van der Waals surface area contributed by atoms with Crippen LogP contribution in [0.4, 0.5) is 0 Å². The molecule has 1 radical (unpaired) electrons. The van der Waals surface area contributed by atoms with Crippen molar-refractivity contribution in [3.05, 3.63) is 7.05 Å². The summed E-state index contributed by atoms with van der Waals surface area (Å²) in [7, 11) is 3.30. The molecule has 0 heterocycles. The molecule has 1 unspecified atom stereocenters. The third-order valence-electron chi connectivity index (χ3n) is 0.281. The molecule has 0 bridgehead atoms. The van der Waals surface area contributed by atoms with E-state index in [9.17, 15) is 0 Å². The fourth-order valence-corrected chi connectivity index (χ4v) is 0. The largest absolute Gasteiger partial charge is 0.300 e. The summed E-state index contributed by atoms with van der Waals surface area (Å²) in [6.45, 7) is 1.81. The van der Waals surface area contributed by atoms with Gasteiger partial charge in [-0.05, 0) is 6.92 Å². The first-order valence-electron chi connectivity index (χ1n) is 1.44. The lowest BCUT2D eigenvalue weighted by Gasteiger charge is -1.92. The summed E-state index contributed by atoms with van der Waals surface area (Å²) in [5, 5.41) is 2.54. The zero-order chi connectivity index (χ0) is 4.28. The quantitative estimate of drug-likeness (QED) is 0.375. The second-order valence-corrected chi connectivity index (χ2v) is 1.47. The van der Waals surface area contributed by atoms with Crippen molar-refractivity contribution in [3.8, 4) is 0 Å². The summed E-state index contributed by atoms with van der Waals surface area (Å²) in [6.07, 6.45) is 0. The van der Waals surface area contributed by atoms with Gasteiger partial charge in [-0.2, -0.15) is 0 Å². The van der Waals surface area contributed by atoms with Gasteiger partial charge in [0.2, 0.25) is 0 Å². The van der Waals surface area contributed by atoms with Crippen LogP contribution in [0.3, 0.4) is 0 Å². The molecule has 2 heteroatoms. The Balaban J connectivity index is 2.54. The first kappa shape index (κ1) is 5.25. The summed E-state index contributed by atoms with van der Waals surface area (Å²) >= 11 is 5.29. The minimum absolute atomic E-state index is 0.00463. The van der Waals surface area contributed by atoms with E-state index in [0.29, 0.717) is 0 Å². The van der Waals surface area contributed by atoms with Crippen LogP contribution in [-0.4, -0.2) is 5.50 Å². The van der Waals surface area contributed by atoms with Crippen molar-refractivity contribution >= 4 is 11.6 Å². The van der Waals surface area contributed by atoms with E-state index in [0.717, 1.165) is 0 Å². The van der Waals surface area contributed by atoms with Crippen molar-refractivity contribution in [1.82, 2.24) is 5.32 Å². The maximum Gasteiger partial charge on any atom is 0.0797 e. The predicted molar refractivity (Wildman–Crippen MR) is 23.8 cm³/mol. The molecule has 0 amide bonds. The second kappa shape index (κ2) is 2.49. The van der Waals surface area contributed by atoms with Gasteiger partial charge in [-0.1, -0.05) is 0 Å². The van der Waals surface area contributed by atoms with Crippen LogP contribution in [0.15, 0.2) is 0 Å². The van der Waals surface area contributed by atoms with Crippen LogP contribution < -0.4 is 5.32 Å². The molecule has 1 N–H and O–H groups in total. The minimum Gasteiger partial charge on any atom is -0.300 e. The minimum atomic E-state index is -0.00463. The molecule has 0 aliphatic heterocycles. The van der Waals surface area contributed by atoms with E-state index in [4.69, 9.17) is 11.6 Å². The molecule has 0 aromatic carbocycles. The zero-order valence-electron chi connectivity index (χ0n) is 3.16. The molecule has 0 spiro atoms. The highest BCUT2D eigenvalue weighted by molar-refractivity contribution is 6.20. The third-order valence-corrected chi connectivity index (χ3v) is 0.436. The van der Waals surface area contributed by atoms with Gasteiger partial charge < -0.3 is 5.32 Å². The van der Waals surface area contributed by atoms with Gasteiger partial charge in [0.05, 0.1) is 5.50 Å². The molecule has 0 aromatic rings. The highest BCUT2D eigenvalue weighted by atomic mass is 35.5. The number of alkyl halides is 1. The monoisotopic (exact) mass is 92.0 g/mol. The van der Waals surface area contributed by atoms with Gasteiger partial charge in [0.15, 0.2) is 0 Å². The van der Waals surface area contributed by atoms with Crippen molar-refractivity contribution in [2.75, 3.05) is 0 Å². The number of halogens is 1. The Labute approximate surface area is 37.3 Å². The Morgan fingerprint density at radius 3 is 2.20 bits per heavy atom. The molecule has 0 fully saturated rings. The van der Waals surface area contributed by atoms with Gasteiger partial charge >= 0.3 is 0 Å². The zero-order valence-corrected chi connectivity index (χ0v) is 3.92. The SMILES string of the molecule is [CH2]NC(C)Cl. The fraction of sp³-hybridized carbons (Fsp3) is 0.667. The van der Waals surface area contributed by atoms with Crippen molar-refractivity contribution in [2.24, 2.45) is 0 Å². The lowest BCUT2D eigenvalue weighted by atomic mass is 10.8. The first-order valence-corrected chi connectivity index (χ1v) is 1.87. The topological polar surface area (TPSA) is 12.0 Å². The third kappa shape index (κ3) is 4.25. The molecular weight excluding hydrogens is 85.5 g/mol. The van der Waals surface area contributed by atoms with Gasteiger partial charge in [-0.15, -0.1) is 11.6 Å². The van der Waals surface area contributed by atoms with Crippen molar-refractivity contribution in [3.63, 3.8) is 0 Å². The molecule has 0 aromatic heterocycles. The summed E-state index contributed by atoms with van der Waals surface area (Å²) in [5.74, 6) is 0. The Morgan fingerprint density at radius 1 is 2.00 bits per heavy atom. The first-order chi connectivity index (χ1) is 2.27. The standard InChI is InChI=1S/C3H7ClN/c1-3(4)5-2/h3,5H,2H2,1H3. The van der Waals surface area contributed by atoms with E-state index in [2.05, 4.69) is 12.4 Å². The molecular formula is C3H7ClN. The number of hydrogen-bond donors (Lipinski definition) is 1. The van der Waals surface area contributed by atoms with E-state index in [1.54, 1.807) is 0 Å². The molecule has 0 saturated heterocycles. The maximum absolute atomic E-state index is 5.29. The van der Waals surface area contributed by atoms with Crippen molar-refractivity contribution < 1.29 is 0 Å². The van der Waals surface area contributed by atoms with Crippen LogP contribution in [0.5, 0.6) is 0 Å². The average molecular weight is 92.5 g/mol. The Hall–Kier alpha value is 0.250. The van der Waals surface area contributed by atoms with Crippen LogP contribution in [0, 0.1) is 7.05 Å². The molecule has 0 rings (SSSR count). The predicted octanol–water partition coefficient (Wildman–Crippen LogP) is 0.952. The molecule has 0 saturated carbocycles. The molecule has 31 valence electrons. The van der Waals surface area contributed by atoms with Gasteiger partial charge in [-0.3, -0.25) is 0 Å². The average Bonchev–Trinajstić information content (AvgIpc) is 1.38. The number of rotatable bonds is 1. The van der Waals surface area contributed by atoms with Gasteiger partial charge in [-0.25, -0.2) is 0 Å². The van der Waals surface area contributed by atoms with Crippen LogP contribution in [0.25, 0.3) is 0 Å². The van der Waals surface area contributed by atoms with Crippen LogP contribution in [0.1, 0.15) is 6.92 Å². The van der Waals surface area contributed by atoms with Gasteiger partial charge in [0.25, 0.3) is 0 Å². The smallest absolute Gasteiger partial charge is 0.0797 e. The number of hydrogen-bond acceptors (Lipinski definition) is 1. The van der Waals surface area contributed by atoms with E-state index >= 15 is 0 Å². The lowest BCUT2D eigenvalue weighted by molar-refractivity contribution is 0.841. The molecule has 5 heavy (non-hydrogen) atoms. The Morgan fingerprint density at radius 2 is 2.20 bits per heavy atom. The number of nitrogens with one attached hydrogen (secondary N) is 1. The van der Waals surface area contributed by atoms with E-state index in [-0.39, 0.29) is 5.50 Å². The van der Waals surface area contributed by atoms with Gasteiger partial charge in [0, 0.05) is 7.05 Å². The molecule has 0 aliphatic carbocycles. The highest BCUT2D eigenvalue weighted by Gasteiger charge is 1.80. The van der Waals surface area contributed by atoms with E-state index in [1.165, 1.54) is 0 Å². The second-order valence-electron chi connectivity index (χ2n) is 0.820. The molecule has 1 nitrogen and oxygen atoms in total. The summed E-state index contributed by atoms with van der Waals surface area (Å²) in [4.78, 5) is 0. The fourth-order valence-electron chi connectivity index (χ4n) is 0.